The number of Topliss-reactive ketones (excluding diaryl/α,β-unsaturated/α-hetero) is 1. The van der Waals surface area contributed by atoms with E-state index < -0.39 is 0 Å². The zero-order chi connectivity index (χ0) is 20.5. The maximum Gasteiger partial charge on any atom is 0.276 e. The lowest BCUT2D eigenvalue weighted by Gasteiger charge is -2.41. The molecule has 2 amide bonds. The summed E-state index contributed by atoms with van der Waals surface area (Å²) in [7, 11) is 0. The minimum absolute atomic E-state index is 0.0684. The van der Waals surface area contributed by atoms with Crippen LogP contribution in [0.3, 0.4) is 0 Å². The van der Waals surface area contributed by atoms with Gasteiger partial charge in [0.25, 0.3) is 5.91 Å². The number of fused-ring (bicyclic) bond motifs is 1. The highest BCUT2D eigenvalue weighted by atomic mass is 16.5. The summed E-state index contributed by atoms with van der Waals surface area (Å²) in [4.78, 5) is 40.9. The van der Waals surface area contributed by atoms with Crippen molar-refractivity contribution < 1.29 is 18.9 Å². The molecule has 1 aromatic heterocycles. The van der Waals surface area contributed by atoms with E-state index in [2.05, 4.69) is 11.2 Å². The van der Waals surface area contributed by atoms with Crippen molar-refractivity contribution in [1.29, 1.82) is 0 Å². The van der Waals surface area contributed by atoms with E-state index in [4.69, 9.17) is 4.52 Å². The third-order valence-corrected chi connectivity index (χ3v) is 5.62. The molecule has 4 rings (SSSR count). The van der Waals surface area contributed by atoms with Crippen LogP contribution in [0.4, 0.5) is 0 Å². The Morgan fingerprint density at radius 2 is 1.97 bits per heavy atom. The Morgan fingerprint density at radius 1 is 1.17 bits per heavy atom. The van der Waals surface area contributed by atoms with Crippen molar-refractivity contribution in [3.63, 3.8) is 0 Å². The maximum absolute atomic E-state index is 13.2. The van der Waals surface area contributed by atoms with Crippen molar-refractivity contribution in [2.75, 3.05) is 19.6 Å². The quantitative estimate of drug-likeness (QED) is 0.749. The second-order valence-electron chi connectivity index (χ2n) is 7.58. The van der Waals surface area contributed by atoms with Gasteiger partial charge in [-0.3, -0.25) is 14.4 Å². The number of hydrogen-bond donors (Lipinski definition) is 0. The Morgan fingerprint density at radius 3 is 2.69 bits per heavy atom. The summed E-state index contributed by atoms with van der Waals surface area (Å²) in [6.07, 6.45) is 4.80. The lowest BCUT2D eigenvalue weighted by atomic mass is 9.86. The van der Waals surface area contributed by atoms with Gasteiger partial charge < -0.3 is 14.3 Å². The number of ketones is 1. The fraction of sp³-hybridized carbons (Fsp3) is 0.364. The van der Waals surface area contributed by atoms with E-state index in [1.807, 2.05) is 42.2 Å². The van der Waals surface area contributed by atoms with Crippen LogP contribution in [0.2, 0.25) is 0 Å². The highest BCUT2D eigenvalue weighted by Gasteiger charge is 2.35. The van der Waals surface area contributed by atoms with Gasteiger partial charge in [-0.1, -0.05) is 41.6 Å². The highest BCUT2D eigenvalue weighted by molar-refractivity contribution is 5.97. The van der Waals surface area contributed by atoms with Gasteiger partial charge in [0.2, 0.25) is 11.7 Å². The first-order valence-corrected chi connectivity index (χ1v) is 9.78. The van der Waals surface area contributed by atoms with E-state index in [0.29, 0.717) is 26.1 Å². The Bertz CT molecular complexity index is 993. The number of rotatable bonds is 3. The molecule has 1 aromatic carbocycles. The predicted molar refractivity (Wildman–Crippen MR) is 106 cm³/mol. The Balaban J connectivity index is 1.45. The summed E-state index contributed by atoms with van der Waals surface area (Å²) in [5.41, 5.74) is 2.27. The van der Waals surface area contributed by atoms with Crippen molar-refractivity contribution in [2.24, 2.45) is 0 Å². The fourth-order valence-corrected chi connectivity index (χ4v) is 4.04. The van der Waals surface area contributed by atoms with Gasteiger partial charge in [0.15, 0.2) is 11.5 Å². The molecule has 0 saturated carbocycles. The smallest absolute Gasteiger partial charge is 0.276 e. The second kappa shape index (κ2) is 7.66. The number of amides is 2. The normalized spacial score (nSPS) is 21.0. The second-order valence-corrected chi connectivity index (χ2v) is 7.58. The molecule has 29 heavy (non-hydrogen) atoms. The topological polar surface area (TPSA) is 83.7 Å². The third-order valence-electron chi connectivity index (χ3n) is 5.62. The lowest BCUT2D eigenvalue weighted by molar-refractivity contribution is -0.135. The SMILES string of the molecule is CC(=O)c1cc(C(=O)N2CCN(C(=O)C3CC=Cc4ccccc43)C[C@H]2C)no1. The van der Waals surface area contributed by atoms with Crippen LogP contribution >= 0.6 is 0 Å². The summed E-state index contributed by atoms with van der Waals surface area (Å²) in [6.45, 7) is 4.62. The summed E-state index contributed by atoms with van der Waals surface area (Å²) < 4.78 is 4.93. The molecule has 2 aliphatic rings. The number of piperazine rings is 1. The van der Waals surface area contributed by atoms with Crippen LogP contribution in [0, 0.1) is 0 Å². The first-order valence-electron chi connectivity index (χ1n) is 9.78. The standard InChI is InChI=1S/C22H23N3O4/c1-14-13-24(21(27)18-9-5-7-16-6-3-4-8-17(16)18)10-11-25(14)22(28)19-12-20(15(2)26)29-23-19/h3-8,12,14,18H,9-11,13H2,1-2H3/t14-,18?/m1/s1. The van der Waals surface area contributed by atoms with Crippen molar-refractivity contribution >= 4 is 23.7 Å². The number of carbonyl (C=O) groups excluding carboxylic acids is 3. The minimum Gasteiger partial charge on any atom is -0.352 e. The minimum atomic E-state index is -0.285. The van der Waals surface area contributed by atoms with E-state index in [-0.39, 0.29) is 41.0 Å². The van der Waals surface area contributed by atoms with E-state index >= 15 is 0 Å². The molecule has 0 N–H and O–H groups in total. The molecule has 1 unspecified atom stereocenters. The molecule has 1 fully saturated rings. The Hall–Kier alpha value is -3.22. The van der Waals surface area contributed by atoms with Crippen LogP contribution < -0.4 is 0 Å². The summed E-state index contributed by atoms with van der Waals surface area (Å²) in [5, 5.41) is 3.72. The van der Waals surface area contributed by atoms with E-state index in [9.17, 15) is 14.4 Å². The van der Waals surface area contributed by atoms with Crippen molar-refractivity contribution in [1.82, 2.24) is 15.0 Å². The van der Waals surface area contributed by atoms with E-state index in [0.717, 1.165) is 11.1 Å². The number of benzene rings is 1. The molecule has 2 heterocycles. The Labute approximate surface area is 169 Å². The van der Waals surface area contributed by atoms with Gasteiger partial charge in [0.05, 0.1) is 5.92 Å². The van der Waals surface area contributed by atoms with Crippen LogP contribution in [-0.4, -0.2) is 58.2 Å². The summed E-state index contributed by atoms with van der Waals surface area (Å²) >= 11 is 0. The number of hydrogen-bond acceptors (Lipinski definition) is 5. The maximum atomic E-state index is 13.2. The van der Waals surface area contributed by atoms with Gasteiger partial charge in [-0.05, 0) is 24.5 Å². The number of aromatic nitrogens is 1. The lowest BCUT2D eigenvalue weighted by Crippen LogP contribution is -2.56. The van der Waals surface area contributed by atoms with Gasteiger partial charge in [0, 0.05) is 38.7 Å². The van der Waals surface area contributed by atoms with Crippen LogP contribution in [-0.2, 0) is 4.79 Å². The van der Waals surface area contributed by atoms with Gasteiger partial charge in [-0.25, -0.2) is 0 Å². The molecule has 150 valence electrons. The molecule has 1 saturated heterocycles. The molecule has 1 aliphatic heterocycles. The van der Waals surface area contributed by atoms with Crippen LogP contribution in [0.15, 0.2) is 40.9 Å². The number of carbonyl (C=O) groups is 3. The molecular formula is C22H23N3O4. The van der Waals surface area contributed by atoms with Crippen LogP contribution in [0.25, 0.3) is 6.08 Å². The van der Waals surface area contributed by atoms with Crippen LogP contribution in [0.1, 0.15) is 58.4 Å². The molecule has 0 bridgehead atoms. The average Bonchev–Trinajstić information content (AvgIpc) is 3.23. The molecule has 1 aliphatic carbocycles. The Kier molecular flexibility index (Phi) is 5.05. The molecule has 0 spiro atoms. The third kappa shape index (κ3) is 3.60. The van der Waals surface area contributed by atoms with Crippen molar-refractivity contribution in [3.8, 4) is 0 Å². The monoisotopic (exact) mass is 393 g/mol. The predicted octanol–water partition coefficient (Wildman–Crippen LogP) is 2.75. The van der Waals surface area contributed by atoms with Crippen LogP contribution in [0.5, 0.6) is 0 Å². The van der Waals surface area contributed by atoms with Crippen molar-refractivity contribution in [2.45, 2.75) is 32.2 Å². The van der Waals surface area contributed by atoms with Gasteiger partial charge in [-0.15, -0.1) is 0 Å². The molecule has 7 heteroatoms. The number of nitrogens with zero attached hydrogens (tertiary/aromatic N) is 3. The highest BCUT2D eigenvalue weighted by Crippen LogP contribution is 2.31. The zero-order valence-electron chi connectivity index (χ0n) is 16.5. The summed E-state index contributed by atoms with van der Waals surface area (Å²) in [5.74, 6) is -0.576. The van der Waals surface area contributed by atoms with Crippen molar-refractivity contribution in [3.05, 3.63) is 59.0 Å². The van der Waals surface area contributed by atoms with Gasteiger partial charge in [0.1, 0.15) is 0 Å². The zero-order valence-corrected chi connectivity index (χ0v) is 16.5. The average molecular weight is 393 g/mol. The summed E-state index contributed by atoms with van der Waals surface area (Å²) in [6, 6.07) is 9.20. The van der Waals surface area contributed by atoms with E-state index in [1.165, 1.54) is 13.0 Å². The molecule has 2 atom stereocenters. The first-order chi connectivity index (χ1) is 14.0. The molecule has 0 radical (unpaired) electrons. The van der Waals surface area contributed by atoms with Gasteiger partial charge >= 0.3 is 0 Å². The number of allylic oxidation sites excluding steroid dienone is 1. The molecule has 7 nitrogen and oxygen atoms in total. The first kappa shape index (κ1) is 19.1. The molecule has 2 aromatic rings. The fourth-order valence-electron chi connectivity index (χ4n) is 4.04. The van der Waals surface area contributed by atoms with Gasteiger partial charge in [-0.2, -0.15) is 0 Å². The van der Waals surface area contributed by atoms with E-state index in [1.54, 1.807) is 4.90 Å². The largest absolute Gasteiger partial charge is 0.352 e. The molecular weight excluding hydrogens is 370 g/mol.